The van der Waals surface area contributed by atoms with Crippen LogP contribution in [0.5, 0.6) is 5.75 Å². The van der Waals surface area contributed by atoms with Crippen LogP contribution in [0.1, 0.15) is 27.9 Å². The summed E-state index contributed by atoms with van der Waals surface area (Å²) in [7, 11) is -2.05. The Bertz CT molecular complexity index is 1250. The molecule has 6 heteroatoms. The zero-order valence-corrected chi connectivity index (χ0v) is 19.6. The van der Waals surface area contributed by atoms with Crippen LogP contribution in [-0.2, 0) is 10.0 Å². The molecule has 1 atom stereocenters. The van der Waals surface area contributed by atoms with Gasteiger partial charge in [0.1, 0.15) is 5.75 Å². The minimum Gasteiger partial charge on any atom is -0.497 e. The molecule has 1 heterocycles. The van der Waals surface area contributed by atoms with Crippen LogP contribution in [0.2, 0.25) is 0 Å². The second-order valence-corrected chi connectivity index (χ2v) is 10.2. The number of carbonyl (C=O) groups excluding carboxylic acids is 1. The number of rotatable bonds is 7. The van der Waals surface area contributed by atoms with Crippen molar-refractivity contribution in [1.82, 2.24) is 4.31 Å². The summed E-state index contributed by atoms with van der Waals surface area (Å²) in [6.45, 7) is 2.46. The van der Waals surface area contributed by atoms with Crippen molar-refractivity contribution < 1.29 is 17.9 Å². The molecule has 3 aromatic carbocycles. The number of hydrogen-bond acceptors (Lipinski definition) is 4. The lowest BCUT2D eigenvalue weighted by atomic mass is 9.92. The predicted molar refractivity (Wildman–Crippen MR) is 130 cm³/mol. The number of sulfonamides is 1. The van der Waals surface area contributed by atoms with Gasteiger partial charge in [-0.3, -0.25) is 4.79 Å². The molecule has 0 saturated carbocycles. The summed E-state index contributed by atoms with van der Waals surface area (Å²) in [6, 6.07) is 23.6. The van der Waals surface area contributed by atoms with Crippen LogP contribution in [0, 0.1) is 12.8 Å². The summed E-state index contributed by atoms with van der Waals surface area (Å²) in [4.78, 5) is 13.2. The number of hydrogen-bond donors (Lipinski definition) is 0. The van der Waals surface area contributed by atoms with Gasteiger partial charge < -0.3 is 4.74 Å². The molecule has 0 N–H and O–H groups in total. The van der Waals surface area contributed by atoms with Gasteiger partial charge in [0.05, 0.1) is 12.0 Å². The van der Waals surface area contributed by atoms with E-state index in [1.807, 2.05) is 55.5 Å². The van der Waals surface area contributed by atoms with Gasteiger partial charge in [-0.05, 0) is 42.3 Å². The van der Waals surface area contributed by atoms with Crippen molar-refractivity contribution in [3.8, 4) is 5.75 Å². The molecule has 1 fully saturated rings. The highest BCUT2D eigenvalue weighted by Gasteiger charge is 2.36. The monoisotopic (exact) mass is 461 g/mol. The first-order valence-electron chi connectivity index (χ1n) is 10.9. The Kier molecular flexibility index (Phi) is 6.77. The van der Waals surface area contributed by atoms with Gasteiger partial charge in [-0.1, -0.05) is 66.2 Å². The van der Waals surface area contributed by atoms with E-state index in [2.05, 4.69) is 0 Å². The van der Waals surface area contributed by atoms with Crippen LogP contribution in [0.25, 0.3) is 6.08 Å². The van der Waals surface area contributed by atoms with E-state index in [0.717, 1.165) is 22.4 Å². The summed E-state index contributed by atoms with van der Waals surface area (Å²) in [5.74, 6) is 0.568. The smallest absolute Gasteiger partial charge is 0.243 e. The standard InChI is InChI=1S/C27H27NO4S/c1-20-8-14-26(15-9-20)33(30,31)28-18-23(16-21-10-12-25(32-2)13-11-21)24(19-28)17-27(29)22-6-4-3-5-7-22/h3-16,24H,17-19H2,1-2H3/b23-16-. The lowest BCUT2D eigenvalue weighted by Gasteiger charge is -2.16. The number of nitrogens with zero attached hydrogens (tertiary/aromatic N) is 1. The molecule has 5 nitrogen and oxygen atoms in total. The van der Waals surface area contributed by atoms with Crippen molar-refractivity contribution in [1.29, 1.82) is 0 Å². The van der Waals surface area contributed by atoms with E-state index >= 15 is 0 Å². The van der Waals surface area contributed by atoms with Gasteiger partial charge >= 0.3 is 0 Å². The third-order valence-electron chi connectivity index (χ3n) is 5.96. The van der Waals surface area contributed by atoms with Crippen molar-refractivity contribution in [3.63, 3.8) is 0 Å². The number of Topliss-reactive ketones (excluding diaryl/α,β-unsaturated/α-hetero) is 1. The minimum absolute atomic E-state index is 0.0100. The van der Waals surface area contributed by atoms with E-state index in [1.54, 1.807) is 43.5 Å². The first-order chi connectivity index (χ1) is 15.9. The lowest BCUT2D eigenvalue weighted by Crippen LogP contribution is -2.29. The van der Waals surface area contributed by atoms with Gasteiger partial charge in [0.2, 0.25) is 10.0 Å². The van der Waals surface area contributed by atoms with E-state index in [0.29, 0.717) is 5.56 Å². The molecule has 1 saturated heterocycles. The van der Waals surface area contributed by atoms with Gasteiger partial charge in [0.25, 0.3) is 0 Å². The van der Waals surface area contributed by atoms with Crippen LogP contribution in [-0.4, -0.2) is 38.7 Å². The highest BCUT2D eigenvalue weighted by atomic mass is 32.2. The molecule has 0 aliphatic carbocycles. The quantitative estimate of drug-likeness (QED) is 0.466. The molecule has 33 heavy (non-hydrogen) atoms. The van der Waals surface area contributed by atoms with E-state index in [9.17, 15) is 13.2 Å². The third-order valence-corrected chi connectivity index (χ3v) is 7.79. The molecule has 1 aliphatic heterocycles. The van der Waals surface area contributed by atoms with Crippen LogP contribution < -0.4 is 4.74 Å². The molecule has 0 amide bonds. The van der Waals surface area contributed by atoms with E-state index in [4.69, 9.17) is 4.74 Å². The highest BCUT2D eigenvalue weighted by molar-refractivity contribution is 7.89. The van der Waals surface area contributed by atoms with Crippen LogP contribution in [0.3, 0.4) is 0 Å². The van der Waals surface area contributed by atoms with E-state index in [-0.39, 0.29) is 36.1 Å². The Labute approximate surface area is 195 Å². The fourth-order valence-electron chi connectivity index (χ4n) is 4.04. The number of carbonyl (C=O) groups is 1. The average molecular weight is 462 g/mol. The van der Waals surface area contributed by atoms with Crippen LogP contribution in [0.4, 0.5) is 0 Å². The molecule has 170 valence electrons. The van der Waals surface area contributed by atoms with Gasteiger partial charge in [0.15, 0.2) is 5.78 Å². The number of aryl methyl sites for hydroxylation is 1. The highest BCUT2D eigenvalue weighted by Crippen LogP contribution is 2.33. The first kappa shape index (κ1) is 23.0. The molecular formula is C27H27NO4S. The fourth-order valence-corrected chi connectivity index (χ4v) is 5.52. The Hall–Kier alpha value is -3.22. The number of methoxy groups -OCH3 is 1. The summed E-state index contributed by atoms with van der Waals surface area (Å²) in [5.41, 5.74) is 3.51. The number of ketones is 1. The maximum absolute atomic E-state index is 13.3. The van der Waals surface area contributed by atoms with Crippen molar-refractivity contribution in [2.45, 2.75) is 18.2 Å². The zero-order chi connectivity index (χ0) is 23.4. The van der Waals surface area contributed by atoms with E-state index in [1.165, 1.54) is 4.31 Å². The Morgan fingerprint density at radius 3 is 2.30 bits per heavy atom. The Morgan fingerprint density at radius 2 is 1.67 bits per heavy atom. The molecule has 1 aliphatic rings. The second-order valence-electron chi connectivity index (χ2n) is 8.29. The molecule has 0 aromatic heterocycles. The summed E-state index contributed by atoms with van der Waals surface area (Å²) < 4.78 is 33.4. The van der Waals surface area contributed by atoms with Gasteiger partial charge in [-0.25, -0.2) is 8.42 Å². The maximum atomic E-state index is 13.3. The zero-order valence-electron chi connectivity index (χ0n) is 18.8. The lowest BCUT2D eigenvalue weighted by molar-refractivity contribution is 0.0968. The molecule has 0 spiro atoms. The predicted octanol–water partition coefficient (Wildman–Crippen LogP) is 4.98. The van der Waals surface area contributed by atoms with Gasteiger partial charge in [-0.2, -0.15) is 4.31 Å². The van der Waals surface area contributed by atoms with Gasteiger partial charge in [-0.15, -0.1) is 0 Å². The van der Waals surface area contributed by atoms with Crippen molar-refractivity contribution in [2.75, 3.05) is 20.2 Å². The number of benzene rings is 3. The maximum Gasteiger partial charge on any atom is 0.243 e. The normalized spacial score (nSPS) is 17.9. The number of ether oxygens (including phenoxy) is 1. The SMILES string of the molecule is COc1ccc(/C=C2/CN(S(=O)(=O)c3ccc(C)cc3)CC2CC(=O)c2ccccc2)cc1. The Morgan fingerprint density at radius 1 is 1.00 bits per heavy atom. The summed E-state index contributed by atoms with van der Waals surface area (Å²) in [5, 5.41) is 0. The molecule has 0 bridgehead atoms. The summed E-state index contributed by atoms with van der Waals surface area (Å²) in [6.07, 6.45) is 2.25. The molecule has 3 aromatic rings. The van der Waals surface area contributed by atoms with Crippen LogP contribution >= 0.6 is 0 Å². The van der Waals surface area contributed by atoms with Crippen molar-refractivity contribution >= 4 is 21.9 Å². The van der Waals surface area contributed by atoms with Gasteiger partial charge in [0, 0.05) is 31.0 Å². The molecular weight excluding hydrogens is 434 g/mol. The first-order valence-corrected chi connectivity index (χ1v) is 12.3. The Balaban J connectivity index is 1.64. The van der Waals surface area contributed by atoms with E-state index < -0.39 is 10.0 Å². The molecule has 0 radical (unpaired) electrons. The third kappa shape index (κ3) is 5.24. The second kappa shape index (κ2) is 9.73. The average Bonchev–Trinajstić information content (AvgIpc) is 3.23. The fraction of sp³-hybridized carbons (Fsp3) is 0.222. The van der Waals surface area contributed by atoms with Crippen LogP contribution in [0.15, 0.2) is 89.3 Å². The summed E-state index contributed by atoms with van der Waals surface area (Å²) >= 11 is 0. The molecule has 4 rings (SSSR count). The topological polar surface area (TPSA) is 63.7 Å². The molecule has 1 unspecified atom stereocenters. The largest absolute Gasteiger partial charge is 0.497 e. The minimum atomic E-state index is -3.66. The van der Waals surface area contributed by atoms with Crippen molar-refractivity contribution in [3.05, 3.63) is 101 Å². The van der Waals surface area contributed by atoms with Crippen molar-refractivity contribution in [2.24, 2.45) is 5.92 Å².